The number of carbonyl (C=O) groups excluding carboxylic acids is 4. The smallest absolute Gasteiger partial charge is 0.339 e. The monoisotopic (exact) mass is 395 g/mol. The Morgan fingerprint density at radius 1 is 1.26 bits per heavy atom. The fraction of sp³-hybridized carbons (Fsp3) is 0.412. The summed E-state index contributed by atoms with van der Waals surface area (Å²) in [7, 11) is 1.52. The molecule has 0 saturated carbocycles. The lowest BCUT2D eigenvalue weighted by molar-refractivity contribution is -0.124. The molecular weight excluding hydrogens is 374 g/mol. The summed E-state index contributed by atoms with van der Waals surface area (Å²) in [5.41, 5.74) is -0.791. The van der Waals surface area contributed by atoms with Crippen LogP contribution in [-0.2, 0) is 19.1 Å². The summed E-state index contributed by atoms with van der Waals surface area (Å²) < 4.78 is 9.86. The minimum atomic E-state index is -1.07. The highest BCUT2D eigenvalue weighted by Gasteiger charge is 2.41. The van der Waals surface area contributed by atoms with E-state index >= 15 is 0 Å². The quantitative estimate of drug-likeness (QED) is 0.238. The number of thioether (sulfide) groups is 1. The molecule has 146 valence electrons. The molecule has 1 saturated heterocycles. The van der Waals surface area contributed by atoms with Gasteiger partial charge in [-0.15, -0.1) is 11.8 Å². The predicted octanol–water partition coefficient (Wildman–Crippen LogP) is 0.296. The Balaban J connectivity index is 1.94. The molecule has 10 heteroatoms. The van der Waals surface area contributed by atoms with Crippen LogP contribution in [0.2, 0.25) is 0 Å². The van der Waals surface area contributed by atoms with E-state index in [0.29, 0.717) is 18.0 Å². The zero-order chi connectivity index (χ0) is 19.9. The molecule has 1 aliphatic rings. The first-order valence-corrected chi connectivity index (χ1v) is 9.12. The molecule has 0 bridgehead atoms. The molecule has 2 rings (SSSR count). The second-order valence-corrected chi connectivity index (χ2v) is 6.96. The van der Waals surface area contributed by atoms with E-state index in [9.17, 15) is 19.2 Å². The summed E-state index contributed by atoms with van der Waals surface area (Å²) >= 11 is 1.23. The van der Waals surface area contributed by atoms with Crippen molar-refractivity contribution in [2.45, 2.75) is 17.4 Å². The summed E-state index contributed by atoms with van der Waals surface area (Å²) in [5, 5.41) is 7.30. The number of hydrogen-bond donors (Lipinski definition) is 3. The molecular formula is C17H21N3O6S. The number of hydrogen-bond acceptors (Lipinski definition) is 7. The van der Waals surface area contributed by atoms with Gasteiger partial charge in [-0.3, -0.25) is 14.9 Å². The second kappa shape index (κ2) is 9.38. The summed E-state index contributed by atoms with van der Waals surface area (Å²) in [6, 6.07) is 6.15. The second-order valence-electron chi connectivity index (χ2n) is 5.94. The molecule has 27 heavy (non-hydrogen) atoms. The molecule has 0 spiro atoms. The van der Waals surface area contributed by atoms with E-state index in [0.717, 1.165) is 0 Å². The number of rotatable bonds is 9. The van der Waals surface area contributed by atoms with Gasteiger partial charge < -0.3 is 20.1 Å². The van der Waals surface area contributed by atoms with Crippen molar-refractivity contribution in [1.82, 2.24) is 16.0 Å². The van der Waals surface area contributed by atoms with Gasteiger partial charge in [-0.05, 0) is 19.1 Å². The molecule has 0 aromatic heterocycles. The fourth-order valence-corrected chi connectivity index (χ4v) is 3.35. The molecule has 9 nitrogen and oxygen atoms in total. The minimum Gasteiger partial charge on any atom is -0.452 e. The number of imide groups is 1. The number of esters is 1. The van der Waals surface area contributed by atoms with Crippen LogP contribution in [0.4, 0.5) is 4.79 Å². The Morgan fingerprint density at radius 2 is 2.00 bits per heavy atom. The third kappa shape index (κ3) is 5.69. The summed E-state index contributed by atoms with van der Waals surface area (Å²) in [6.07, 6.45) is 0. The van der Waals surface area contributed by atoms with Gasteiger partial charge in [0.25, 0.3) is 11.8 Å². The maximum Gasteiger partial charge on any atom is 0.339 e. The molecule has 0 unspecified atom stereocenters. The third-order valence-electron chi connectivity index (χ3n) is 3.70. The van der Waals surface area contributed by atoms with Crippen LogP contribution >= 0.6 is 11.8 Å². The number of benzene rings is 1. The molecule has 1 atom stereocenters. The highest BCUT2D eigenvalue weighted by molar-refractivity contribution is 7.99. The first kappa shape index (κ1) is 20.7. The lowest BCUT2D eigenvalue weighted by Crippen LogP contribution is -2.46. The number of nitrogens with one attached hydrogen (secondary N) is 3. The minimum absolute atomic E-state index is 0.229. The van der Waals surface area contributed by atoms with E-state index in [2.05, 4.69) is 16.0 Å². The highest BCUT2D eigenvalue weighted by Crippen LogP contribution is 2.28. The van der Waals surface area contributed by atoms with Gasteiger partial charge in [0.15, 0.2) is 6.61 Å². The van der Waals surface area contributed by atoms with E-state index in [4.69, 9.17) is 9.47 Å². The van der Waals surface area contributed by atoms with Gasteiger partial charge in [0.1, 0.15) is 5.54 Å². The molecule has 4 amide bonds. The molecule has 1 heterocycles. The Hall–Kier alpha value is -2.59. The lowest BCUT2D eigenvalue weighted by atomic mass is 10.1. The standard InChI is InChI=1S/C17H21N3O6S/c1-17(15(23)19-16(24)20-17)10-27-12-6-4-3-5-11(12)14(22)26-9-13(21)18-7-8-25-2/h3-6H,7-10H2,1-2H3,(H,18,21)(H2,19,20,23,24)/t17-/m1/s1. The zero-order valence-electron chi connectivity index (χ0n) is 15.0. The van der Waals surface area contributed by atoms with Crippen LogP contribution in [0.3, 0.4) is 0 Å². The summed E-state index contributed by atoms with van der Waals surface area (Å²) in [6.45, 7) is 1.89. The van der Waals surface area contributed by atoms with Gasteiger partial charge in [0, 0.05) is 24.3 Å². The molecule has 0 radical (unpaired) electrons. The largest absolute Gasteiger partial charge is 0.452 e. The van der Waals surface area contributed by atoms with Crippen molar-refractivity contribution >= 4 is 35.6 Å². The van der Waals surface area contributed by atoms with E-state index in [1.807, 2.05) is 0 Å². The molecule has 3 N–H and O–H groups in total. The first-order chi connectivity index (χ1) is 12.9. The SMILES string of the molecule is COCCNC(=O)COC(=O)c1ccccc1SC[C@@]1(C)NC(=O)NC1=O. The summed E-state index contributed by atoms with van der Waals surface area (Å²) in [4.78, 5) is 47.7. The van der Waals surface area contributed by atoms with Crippen molar-refractivity contribution in [2.75, 3.05) is 32.6 Å². The van der Waals surface area contributed by atoms with Crippen LogP contribution in [-0.4, -0.2) is 62.0 Å². The van der Waals surface area contributed by atoms with Gasteiger partial charge in [0.05, 0.1) is 12.2 Å². The molecule has 1 aromatic carbocycles. The van der Waals surface area contributed by atoms with Gasteiger partial charge in [0.2, 0.25) is 0 Å². The maximum atomic E-state index is 12.3. The Labute approximate surface area is 160 Å². The van der Waals surface area contributed by atoms with Crippen molar-refractivity contribution in [1.29, 1.82) is 0 Å². The third-order valence-corrected chi connectivity index (χ3v) is 5.09. The van der Waals surface area contributed by atoms with Crippen LogP contribution in [0.5, 0.6) is 0 Å². The Morgan fingerprint density at radius 3 is 2.67 bits per heavy atom. The summed E-state index contributed by atoms with van der Waals surface area (Å²) in [5.74, 6) is -1.27. The average molecular weight is 395 g/mol. The van der Waals surface area contributed by atoms with E-state index < -0.39 is 36.0 Å². The zero-order valence-corrected chi connectivity index (χ0v) is 15.8. The number of methoxy groups -OCH3 is 1. The highest BCUT2D eigenvalue weighted by atomic mass is 32.2. The van der Waals surface area contributed by atoms with Gasteiger partial charge in [-0.2, -0.15) is 0 Å². The molecule has 1 fully saturated rings. The predicted molar refractivity (Wildman–Crippen MR) is 97.4 cm³/mol. The lowest BCUT2D eigenvalue weighted by Gasteiger charge is -2.20. The van der Waals surface area contributed by atoms with E-state index in [1.165, 1.54) is 18.9 Å². The van der Waals surface area contributed by atoms with Crippen molar-refractivity contribution in [3.8, 4) is 0 Å². The number of carbonyl (C=O) groups is 4. The van der Waals surface area contributed by atoms with Crippen LogP contribution < -0.4 is 16.0 Å². The number of urea groups is 1. The van der Waals surface area contributed by atoms with Crippen LogP contribution in [0.1, 0.15) is 17.3 Å². The fourth-order valence-electron chi connectivity index (χ4n) is 2.22. The molecule has 1 aromatic rings. The van der Waals surface area contributed by atoms with E-state index in [-0.39, 0.29) is 11.3 Å². The van der Waals surface area contributed by atoms with Crippen molar-refractivity contribution in [3.05, 3.63) is 29.8 Å². The van der Waals surface area contributed by atoms with Crippen LogP contribution in [0, 0.1) is 0 Å². The van der Waals surface area contributed by atoms with Crippen LogP contribution in [0.25, 0.3) is 0 Å². The molecule has 0 aliphatic carbocycles. The Bertz CT molecular complexity index is 741. The topological polar surface area (TPSA) is 123 Å². The van der Waals surface area contributed by atoms with Crippen molar-refractivity contribution in [3.63, 3.8) is 0 Å². The van der Waals surface area contributed by atoms with Gasteiger partial charge in [-0.25, -0.2) is 9.59 Å². The van der Waals surface area contributed by atoms with Gasteiger partial charge in [-0.1, -0.05) is 12.1 Å². The van der Waals surface area contributed by atoms with E-state index in [1.54, 1.807) is 31.2 Å². The maximum absolute atomic E-state index is 12.3. The van der Waals surface area contributed by atoms with Crippen LogP contribution in [0.15, 0.2) is 29.2 Å². The number of ether oxygens (including phenoxy) is 2. The Kier molecular flexibility index (Phi) is 7.19. The molecule has 1 aliphatic heterocycles. The normalized spacial score (nSPS) is 18.6. The van der Waals surface area contributed by atoms with Gasteiger partial charge >= 0.3 is 12.0 Å². The average Bonchev–Trinajstić information content (AvgIpc) is 2.90. The van der Waals surface area contributed by atoms with Crippen molar-refractivity contribution < 1.29 is 28.7 Å². The first-order valence-electron chi connectivity index (χ1n) is 8.14. The number of amides is 4. The van der Waals surface area contributed by atoms with Crippen molar-refractivity contribution in [2.24, 2.45) is 0 Å².